The summed E-state index contributed by atoms with van der Waals surface area (Å²) < 4.78 is 12.7. The molecule has 0 spiro atoms. The summed E-state index contributed by atoms with van der Waals surface area (Å²) in [7, 11) is 1.61. The number of nitrogens with zero attached hydrogens (tertiary/aromatic N) is 4. The topological polar surface area (TPSA) is 73.0 Å². The first-order valence-corrected chi connectivity index (χ1v) is 7.87. The average molecular weight is 314 g/mol. The molecule has 0 saturated carbocycles. The van der Waals surface area contributed by atoms with Crippen LogP contribution in [-0.4, -0.2) is 22.1 Å². The highest BCUT2D eigenvalue weighted by atomic mass is 16.5. The van der Waals surface area contributed by atoms with Gasteiger partial charge in [0.1, 0.15) is 29.9 Å². The summed E-state index contributed by atoms with van der Waals surface area (Å²) in [5, 5.41) is 17.2. The molecule has 1 aromatic carbocycles. The molecule has 23 heavy (non-hydrogen) atoms. The molecule has 0 bridgehead atoms. The Labute approximate surface area is 136 Å². The molecule has 0 aliphatic heterocycles. The number of benzene rings is 1. The largest absolute Gasteiger partial charge is 0.497 e. The summed E-state index contributed by atoms with van der Waals surface area (Å²) in [4.78, 5) is 0. The van der Waals surface area contributed by atoms with Gasteiger partial charge in [0.25, 0.3) is 0 Å². The van der Waals surface area contributed by atoms with E-state index in [4.69, 9.17) is 9.47 Å². The van der Waals surface area contributed by atoms with Gasteiger partial charge in [-0.25, -0.2) is 4.68 Å². The van der Waals surface area contributed by atoms with Crippen molar-refractivity contribution in [2.45, 2.75) is 45.8 Å². The first-order chi connectivity index (χ1) is 11.3. The zero-order valence-electron chi connectivity index (χ0n) is 13.7. The predicted octanol–water partition coefficient (Wildman–Crippen LogP) is 3.32. The van der Waals surface area contributed by atoms with Crippen molar-refractivity contribution in [3.05, 3.63) is 35.7 Å². The van der Waals surface area contributed by atoms with Crippen molar-refractivity contribution in [2.24, 2.45) is 0 Å². The van der Waals surface area contributed by atoms with Crippen LogP contribution in [0, 0.1) is 11.3 Å². The van der Waals surface area contributed by atoms with Crippen molar-refractivity contribution in [2.75, 3.05) is 7.11 Å². The van der Waals surface area contributed by atoms with Crippen LogP contribution in [0.15, 0.2) is 24.3 Å². The number of unbranched alkanes of at least 4 members (excludes halogenated alkanes) is 3. The van der Waals surface area contributed by atoms with E-state index < -0.39 is 0 Å². The Balaban J connectivity index is 2.02. The van der Waals surface area contributed by atoms with Crippen LogP contribution in [0.25, 0.3) is 0 Å². The lowest BCUT2D eigenvalue weighted by molar-refractivity contribution is 0.288. The number of aryl methyl sites for hydroxylation is 1. The van der Waals surface area contributed by atoms with E-state index in [-0.39, 0.29) is 6.61 Å². The molecule has 0 unspecified atom stereocenters. The molecule has 0 saturated heterocycles. The van der Waals surface area contributed by atoms with Gasteiger partial charge < -0.3 is 9.47 Å². The maximum atomic E-state index is 9.18. The Bertz CT molecular complexity index is 661. The summed E-state index contributed by atoms with van der Waals surface area (Å²) in [5.74, 6) is 1.42. The van der Waals surface area contributed by atoms with Crippen LogP contribution in [0.3, 0.4) is 0 Å². The number of ether oxygens (including phenoxy) is 2. The lowest BCUT2D eigenvalue weighted by Gasteiger charge is -2.09. The van der Waals surface area contributed by atoms with Gasteiger partial charge in [0.15, 0.2) is 5.69 Å². The zero-order chi connectivity index (χ0) is 16.5. The molecule has 1 heterocycles. The van der Waals surface area contributed by atoms with Crippen molar-refractivity contribution in [3.8, 4) is 17.6 Å². The molecular formula is C17H22N4O2. The summed E-state index contributed by atoms with van der Waals surface area (Å²) in [6.45, 7) is 3.19. The van der Waals surface area contributed by atoms with E-state index in [1.807, 2.05) is 18.2 Å². The molecule has 2 aromatic rings. The van der Waals surface area contributed by atoms with Crippen LogP contribution in [0.1, 0.15) is 44.0 Å². The molecule has 0 atom stereocenters. The highest BCUT2D eigenvalue weighted by Gasteiger charge is 2.13. The molecule has 0 N–H and O–H groups in total. The lowest BCUT2D eigenvalue weighted by atomic mass is 10.2. The first kappa shape index (κ1) is 16.8. The third-order valence-corrected chi connectivity index (χ3v) is 3.58. The van der Waals surface area contributed by atoms with E-state index >= 15 is 0 Å². The van der Waals surface area contributed by atoms with Crippen LogP contribution in [0.4, 0.5) is 0 Å². The van der Waals surface area contributed by atoms with E-state index in [0.29, 0.717) is 17.1 Å². The molecule has 0 aliphatic rings. The Kier molecular flexibility index (Phi) is 6.42. The molecule has 0 fully saturated rings. The summed E-state index contributed by atoms with van der Waals surface area (Å²) in [6, 6.07) is 9.45. The average Bonchev–Trinajstić information content (AvgIpc) is 2.99. The SMILES string of the molecule is CCCCCCn1nnc(C#N)c1COc1cccc(OC)c1. The van der Waals surface area contributed by atoms with Gasteiger partial charge in [0.2, 0.25) is 0 Å². The maximum absolute atomic E-state index is 9.18. The van der Waals surface area contributed by atoms with Gasteiger partial charge >= 0.3 is 0 Å². The van der Waals surface area contributed by atoms with Crippen molar-refractivity contribution in [1.82, 2.24) is 15.0 Å². The van der Waals surface area contributed by atoms with E-state index in [2.05, 4.69) is 23.3 Å². The minimum absolute atomic E-state index is 0.261. The van der Waals surface area contributed by atoms with Gasteiger partial charge in [0.05, 0.1) is 7.11 Å². The number of methoxy groups -OCH3 is 1. The smallest absolute Gasteiger partial charge is 0.189 e. The highest BCUT2D eigenvalue weighted by Crippen LogP contribution is 2.20. The van der Waals surface area contributed by atoms with Gasteiger partial charge in [-0.15, -0.1) is 5.10 Å². The van der Waals surface area contributed by atoms with Crippen molar-refractivity contribution in [1.29, 1.82) is 5.26 Å². The Morgan fingerprint density at radius 2 is 2.04 bits per heavy atom. The summed E-state index contributed by atoms with van der Waals surface area (Å²) >= 11 is 0. The van der Waals surface area contributed by atoms with Gasteiger partial charge in [0, 0.05) is 12.6 Å². The third-order valence-electron chi connectivity index (χ3n) is 3.58. The van der Waals surface area contributed by atoms with Crippen LogP contribution in [0.5, 0.6) is 11.5 Å². The second-order valence-corrected chi connectivity index (χ2v) is 5.25. The van der Waals surface area contributed by atoms with Crippen molar-refractivity contribution in [3.63, 3.8) is 0 Å². The molecule has 1 aromatic heterocycles. The number of rotatable bonds is 9. The third kappa shape index (κ3) is 4.71. The quantitative estimate of drug-likeness (QED) is 0.664. The minimum atomic E-state index is 0.261. The highest BCUT2D eigenvalue weighted by molar-refractivity contribution is 5.33. The lowest BCUT2D eigenvalue weighted by Crippen LogP contribution is -2.09. The Hall–Kier alpha value is -2.55. The summed E-state index contributed by atoms with van der Waals surface area (Å²) in [5.41, 5.74) is 1.04. The van der Waals surface area contributed by atoms with Crippen LogP contribution < -0.4 is 9.47 Å². The van der Waals surface area contributed by atoms with Crippen molar-refractivity contribution < 1.29 is 9.47 Å². The first-order valence-electron chi connectivity index (χ1n) is 7.87. The fourth-order valence-corrected chi connectivity index (χ4v) is 2.27. The number of hydrogen-bond acceptors (Lipinski definition) is 5. The molecular weight excluding hydrogens is 292 g/mol. The van der Waals surface area contributed by atoms with Gasteiger partial charge in [-0.2, -0.15) is 5.26 Å². The molecule has 122 valence electrons. The Morgan fingerprint density at radius 1 is 1.22 bits per heavy atom. The normalized spacial score (nSPS) is 10.3. The van der Waals surface area contributed by atoms with Gasteiger partial charge in [-0.1, -0.05) is 37.5 Å². The minimum Gasteiger partial charge on any atom is -0.497 e. The standard InChI is InChI=1S/C17H22N4O2/c1-3-4-5-6-10-21-17(16(12-18)19-20-21)13-23-15-9-7-8-14(11-15)22-2/h7-9,11H,3-6,10,13H2,1-2H3. The van der Waals surface area contributed by atoms with Crippen LogP contribution in [-0.2, 0) is 13.2 Å². The molecule has 6 heteroatoms. The molecule has 0 amide bonds. The molecule has 2 rings (SSSR count). The monoisotopic (exact) mass is 314 g/mol. The fourth-order valence-electron chi connectivity index (χ4n) is 2.27. The number of hydrogen-bond donors (Lipinski definition) is 0. The van der Waals surface area contributed by atoms with E-state index in [0.717, 1.165) is 25.1 Å². The van der Waals surface area contributed by atoms with Crippen molar-refractivity contribution >= 4 is 0 Å². The van der Waals surface area contributed by atoms with Crippen LogP contribution >= 0.6 is 0 Å². The van der Waals surface area contributed by atoms with Crippen LogP contribution in [0.2, 0.25) is 0 Å². The van der Waals surface area contributed by atoms with E-state index in [9.17, 15) is 5.26 Å². The van der Waals surface area contributed by atoms with E-state index in [1.165, 1.54) is 12.8 Å². The second kappa shape index (κ2) is 8.79. The number of aromatic nitrogens is 3. The fraction of sp³-hybridized carbons (Fsp3) is 0.471. The zero-order valence-corrected chi connectivity index (χ0v) is 13.7. The second-order valence-electron chi connectivity index (χ2n) is 5.25. The maximum Gasteiger partial charge on any atom is 0.189 e. The molecule has 0 aliphatic carbocycles. The molecule has 6 nitrogen and oxygen atoms in total. The number of nitriles is 1. The van der Waals surface area contributed by atoms with Gasteiger partial charge in [-0.3, -0.25) is 0 Å². The van der Waals surface area contributed by atoms with Gasteiger partial charge in [-0.05, 0) is 18.6 Å². The predicted molar refractivity (Wildman–Crippen MR) is 86.2 cm³/mol. The molecule has 0 radical (unpaired) electrons. The summed E-state index contributed by atoms with van der Waals surface area (Å²) in [6.07, 6.45) is 4.56. The van der Waals surface area contributed by atoms with E-state index in [1.54, 1.807) is 17.9 Å². The Morgan fingerprint density at radius 3 is 2.78 bits per heavy atom.